The first kappa shape index (κ1) is 8.74. The number of pyridine rings is 1. The minimum absolute atomic E-state index is 0.0828. The molecule has 1 N–H and O–H groups in total. The van der Waals surface area contributed by atoms with Gasteiger partial charge in [-0.05, 0) is 26.0 Å². The van der Waals surface area contributed by atoms with E-state index >= 15 is 0 Å². The van der Waals surface area contributed by atoms with Crippen LogP contribution in [-0.4, -0.2) is 14.8 Å². The summed E-state index contributed by atoms with van der Waals surface area (Å²) < 4.78 is 1.43. The summed E-state index contributed by atoms with van der Waals surface area (Å²) in [5.41, 5.74) is 1.64. The molecule has 0 aliphatic rings. The van der Waals surface area contributed by atoms with Crippen LogP contribution in [-0.2, 0) is 0 Å². The van der Waals surface area contributed by atoms with Crippen LogP contribution >= 0.6 is 0 Å². The number of H-pyrrole nitrogens is 1. The van der Waals surface area contributed by atoms with Gasteiger partial charge in [-0.15, -0.1) is 0 Å². The van der Waals surface area contributed by atoms with E-state index < -0.39 is 0 Å². The Kier molecular flexibility index (Phi) is 1.96. The molecule has 0 radical (unpaired) electrons. The third-order valence-electron chi connectivity index (χ3n) is 1.95. The van der Waals surface area contributed by atoms with E-state index in [0.717, 1.165) is 11.4 Å². The van der Waals surface area contributed by atoms with Gasteiger partial charge in [-0.3, -0.25) is 9.89 Å². The maximum Gasteiger partial charge on any atom is 0.272 e. The van der Waals surface area contributed by atoms with Crippen LogP contribution in [0, 0.1) is 13.8 Å². The molecule has 4 nitrogen and oxygen atoms in total. The lowest BCUT2D eigenvalue weighted by molar-refractivity contribution is 0.802. The maximum atomic E-state index is 11.4. The average Bonchev–Trinajstić information content (AvgIpc) is 2.45. The number of hydrogen-bond donors (Lipinski definition) is 1. The summed E-state index contributed by atoms with van der Waals surface area (Å²) in [4.78, 5) is 15.7. The van der Waals surface area contributed by atoms with Crippen molar-refractivity contribution in [1.82, 2.24) is 14.8 Å². The molecule has 72 valence electrons. The van der Waals surface area contributed by atoms with Gasteiger partial charge >= 0.3 is 0 Å². The summed E-state index contributed by atoms with van der Waals surface area (Å²) in [5.74, 6) is 0.628. The van der Waals surface area contributed by atoms with Crippen molar-refractivity contribution >= 4 is 0 Å². The normalized spacial score (nSPS) is 10.4. The Morgan fingerprint density at radius 1 is 1.36 bits per heavy atom. The molecule has 0 unspecified atom stereocenters. The predicted molar refractivity (Wildman–Crippen MR) is 53.7 cm³/mol. The Morgan fingerprint density at radius 2 is 2.14 bits per heavy atom. The first-order valence-corrected chi connectivity index (χ1v) is 4.39. The number of aryl methyl sites for hydroxylation is 2. The van der Waals surface area contributed by atoms with Crippen molar-refractivity contribution in [3.8, 4) is 5.82 Å². The molecule has 0 aliphatic heterocycles. The summed E-state index contributed by atoms with van der Waals surface area (Å²) in [6, 6.07) is 7.11. The fraction of sp³-hybridized carbons (Fsp3) is 0.200. The van der Waals surface area contributed by atoms with Crippen LogP contribution in [0.3, 0.4) is 0 Å². The first-order chi connectivity index (χ1) is 6.66. The smallest absolute Gasteiger partial charge is 0.272 e. The second kappa shape index (κ2) is 3.14. The van der Waals surface area contributed by atoms with Crippen LogP contribution in [0.25, 0.3) is 5.82 Å². The SMILES string of the molecule is Cc1cccc(-n2[nH]c(C)cc2=O)n1. The summed E-state index contributed by atoms with van der Waals surface area (Å²) >= 11 is 0. The highest BCUT2D eigenvalue weighted by atomic mass is 16.1. The molecule has 0 atom stereocenters. The van der Waals surface area contributed by atoms with Crippen molar-refractivity contribution in [2.75, 3.05) is 0 Å². The Balaban J connectivity index is 2.60. The molecule has 2 aromatic rings. The lowest BCUT2D eigenvalue weighted by Crippen LogP contribution is -2.14. The monoisotopic (exact) mass is 189 g/mol. The zero-order chi connectivity index (χ0) is 10.1. The van der Waals surface area contributed by atoms with Gasteiger partial charge in [-0.2, -0.15) is 0 Å². The van der Waals surface area contributed by atoms with Crippen LogP contribution in [0.5, 0.6) is 0 Å². The number of aromatic nitrogens is 3. The molecule has 4 heteroatoms. The maximum absolute atomic E-state index is 11.4. The molecule has 2 aromatic heterocycles. The summed E-state index contributed by atoms with van der Waals surface area (Å²) in [7, 11) is 0. The molecule has 0 aliphatic carbocycles. The lowest BCUT2D eigenvalue weighted by Gasteiger charge is -2.00. The summed E-state index contributed by atoms with van der Waals surface area (Å²) in [6.45, 7) is 3.73. The molecular formula is C10H11N3O. The topological polar surface area (TPSA) is 50.7 Å². The van der Waals surface area contributed by atoms with E-state index in [1.54, 1.807) is 12.1 Å². The zero-order valence-corrected chi connectivity index (χ0v) is 8.11. The average molecular weight is 189 g/mol. The second-order valence-corrected chi connectivity index (χ2v) is 3.25. The molecule has 0 aromatic carbocycles. The van der Waals surface area contributed by atoms with E-state index in [2.05, 4.69) is 10.1 Å². The quantitative estimate of drug-likeness (QED) is 0.732. The molecule has 0 saturated carbocycles. The molecule has 2 heterocycles. The number of aromatic amines is 1. The van der Waals surface area contributed by atoms with Gasteiger partial charge in [-0.1, -0.05) is 6.07 Å². The van der Waals surface area contributed by atoms with Gasteiger partial charge in [0.2, 0.25) is 0 Å². The Bertz CT molecular complexity index is 510. The Morgan fingerprint density at radius 3 is 2.71 bits per heavy atom. The second-order valence-electron chi connectivity index (χ2n) is 3.25. The highest BCUT2D eigenvalue weighted by Crippen LogP contribution is 2.01. The molecule has 14 heavy (non-hydrogen) atoms. The van der Waals surface area contributed by atoms with E-state index in [4.69, 9.17) is 0 Å². The van der Waals surface area contributed by atoms with Crippen LogP contribution in [0.15, 0.2) is 29.1 Å². The van der Waals surface area contributed by atoms with Crippen LogP contribution in [0.1, 0.15) is 11.4 Å². The number of hydrogen-bond acceptors (Lipinski definition) is 2. The van der Waals surface area contributed by atoms with Crippen molar-refractivity contribution in [1.29, 1.82) is 0 Å². The number of nitrogens with zero attached hydrogens (tertiary/aromatic N) is 2. The lowest BCUT2D eigenvalue weighted by atomic mass is 10.4. The van der Waals surface area contributed by atoms with E-state index in [0.29, 0.717) is 5.82 Å². The van der Waals surface area contributed by atoms with E-state index in [9.17, 15) is 4.79 Å². The van der Waals surface area contributed by atoms with Gasteiger partial charge in [0.05, 0.1) is 0 Å². The number of nitrogens with one attached hydrogen (secondary N) is 1. The Hall–Kier alpha value is -1.84. The minimum atomic E-state index is -0.0828. The molecule has 2 rings (SSSR count). The standard InChI is InChI=1S/C10H11N3O/c1-7-4-3-5-9(11-7)13-10(14)6-8(2)12-13/h3-6,12H,1-2H3. The largest absolute Gasteiger partial charge is 0.294 e. The van der Waals surface area contributed by atoms with Crippen molar-refractivity contribution < 1.29 is 0 Å². The van der Waals surface area contributed by atoms with E-state index in [1.807, 2.05) is 26.0 Å². The zero-order valence-electron chi connectivity index (χ0n) is 8.11. The minimum Gasteiger partial charge on any atom is -0.294 e. The third-order valence-corrected chi connectivity index (χ3v) is 1.95. The Labute approximate surface area is 81.2 Å². The molecule has 0 amide bonds. The fourth-order valence-electron chi connectivity index (χ4n) is 1.34. The third kappa shape index (κ3) is 1.46. The van der Waals surface area contributed by atoms with Gasteiger partial charge in [0, 0.05) is 17.5 Å². The molecule has 0 saturated heterocycles. The summed E-state index contributed by atoms with van der Waals surface area (Å²) in [6.07, 6.45) is 0. The van der Waals surface area contributed by atoms with Crippen molar-refractivity contribution in [2.24, 2.45) is 0 Å². The van der Waals surface area contributed by atoms with Gasteiger partial charge < -0.3 is 0 Å². The molecule has 0 spiro atoms. The van der Waals surface area contributed by atoms with Gasteiger partial charge in [-0.25, -0.2) is 9.67 Å². The molecular weight excluding hydrogens is 178 g/mol. The highest BCUT2D eigenvalue weighted by Gasteiger charge is 2.02. The van der Waals surface area contributed by atoms with Gasteiger partial charge in [0.15, 0.2) is 5.82 Å². The van der Waals surface area contributed by atoms with Gasteiger partial charge in [0.25, 0.3) is 5.56 Å². The predicted octanol–water partition coefficient (Wildman–Crippen LogP) is 1.18. The van der Waals surface area contributed by atoms with Crippen LogP contribution in [0.4, 0.5) is 0 Å². The first-order valence-electron chi connectivity index (χ1n) is 4.39. The van der Waals surface area contributed by atoms with Gasteiger partial charge in [0.1, 0.15) is 0 Å². The van der Waals surface area contributed by atoms with Crippen molar-refractivity contribution in [3.63, 3.8) is 0 Å². The van der Waals surface area contributed by atoms with E-state index in [1.165, 1.54) is 4.68 Å². The molecule has 0 fully saturated rings. The van der Waals surface area contributed by atoms with Crippen LogP contribution in [0.2, 0.25) is 0 Å². The van der Waals surface area contributed by atoms with Crippen molar-refractivity contribution in [3.05, 3.63) is 46.0 Å². The summed E-state index contributed by atoms with van der Waals surface area (Å²) in [5, 5.41) is 2.93. The molecule has 0 bridgehead atoms. The van der Waals surface area contributed by atoms with E-state index in [-0.39, 0.29) is 5.56 Å². The van der Waals surface area contributed by atoms with Crippen molar-refractivity contribution in [2.45, 2.75) is 13.8 Å². The van der Waals surface area contributed by atoms with Crippen LogP contribution < -0.4 is 5.56 Å². The number of rotatable bonds is 1. The highest BCUT2D eigenvalue weighted by molar-refractivity contribution is 5.23. The fourth-order valence-corrected chi connectivity index (χ4v) is 1.34.